The molecule has 0 heterocycles. The second kappa shape index (κ2) is 4.68. The maximum atomic E-state index is 12.1. The van der Waals surface area contributed by atoms with Gasteiger partial charge in [0, 0.05) is 5.69 Å². The maximum absolute atomic E-state index is 12.1. The Bertz CT molecular complexity index is 522. The van der Waals surface area contributed by atoms with Crippen molar-refractivity contribution in [3.63, 3.8) is 0 Å². The average Bonchev–Trinajstić information content (AvgIpc) is 2.93. The summed E-state index contributed by atoms with van der Waals surface area (Å²) in [4.78, 5) is 23.2. The van der Waals surface area contributed by atoms with E-state index >= 15 is 0 Å². The number of amides is 1. The summed E-state index contributed by atoms with van der Waals surface area (Å²) in [7, 11) is 0. The second-order valence-corrected chi connectivity index (χ2v) is 5.66. The molecule has 0 aromatic heterocycles. The van der Waals surface area contributed by atoms with E-state index in [0.717, 1.165) is 17.7 Å². The van der Waals surface area contributed by atoms with Gasteiger partial charge in [-0.1, -0.05) is 32.9 Å². The minimum atomic E-state index is -0.896. The van der Waals surface area contributed by atoms with Crippen LogP contribution in [0.3, 0.4) is 0 Å². The summed E-state index contributed by atoms with van der Waals surface area (Å²) in [5, 5.41) is 11.9. The fraction of sp³-hybridized carbons (Fsp3) is 0.467. The highest BCUT2D eigenvalue weighted by Crippen LogP contribution is 2.58. The molecule has 1 aliphatic carbocycles. The van der Waals surface area contributed by atoms with Crippen LogP contribution in [-0.4, -0.2) is 17.0 Å². The predicted molar refractivity (Wildman–Crippen MR) is 72.8 cm³/mol. The minimum absolute atomic E-state index is 0.203. The molecule has 0 unspecified atom stereocenters. The van der Waals surface area contributed by atoms with Crippen molar-refractivity contribution in [2.75, 3.05) is 5.32 Å². The third-order valence-corrected chi connectivity index (χ3v) is 3.98. The third-order valence-electron chi connectivity index (χ3n) is 3.98. The topological polar surface area (TPSA) is 66.4 Å². The van der Waals surface area contributed by atoms with Crippen molar-refractivity contribution in [3.8, 4) is 0 Å². The molecule has 0 aliphatic heterocycles. The van der Waals surface area contributed by atoms with Crippen LogP contribution in [0.25, 0.3) is 0 Å². The monoisotopic (exact) mass is 261 g/mol. The first-order valence-electron chi connectivity index (χ1n) is 6.50. The van der Waals surface area contributed by atoms with Gasteiger partial charge in [0.2, 0.25) is 5.91 Å². The molecule has 4 nitrogen and oxygen atoms in total. The predicted octanol–water partition coefficient (Wildman–Crippen LogP) is 2.54. The maximum Gasteiger partial charge on any atom is 0.307 e. The van der Waals surface area contributed by atoms with E-state index in [-0.39, 0.29) is 5.91 Å². The Hall–Kier alpha value is -1.84. The number of rotatable bonds is 4. The number of carboxylic acids is 1. The molecule has 2 N–H and O–H groups in total. The van der Waals surface area contributed by atoms with Crippen molar-refractivity contribution < 1.29 is 14.7 Å². The first-order valence-corrected chi connectivity index (χ1v) is 6.50. The van der Waals surface area contributed by atoms with Gasteiger partial charge in [0.05, 0.1) is 11.8 Å². The summed E-state index contributed by atoms with van der Waals surface area (Å²) < 4.78 is 0. The number of benzene rings is 1. The molecule has 0 saturated heterocycles. The standard InChI is InChI=1S/C15H19NO3/c1-4-9-6-5-7-10(8-9)16-13(17)11-12(14(18)19)15(11,2)3/h5-8,11-12H,4H2,1-3H3,(H,16,17)(H,18,19)/t11-,12+/m1/s1. The number of hydrogen-bond donors (Lipinski definition) is 2. The molecule has 1 aliphatic rings. The van der Waals surface area contributed by atoms with E-state index < -0.39 is 23.2 Å². The summed E-state index contributed by atoms with van der Waals surface area (Å²) in [6.45, 7) is 5.68. The van der Waals surface area contributed by atoms with Crippen LogP contribution in [0.5, 0.6) is 0 Å². The Morgan fingerprint density at radius 1 is 1.32 bits per heavy atom. The lowest BCUT2D eigenvalue weighted by molar-refractivity contribution is -0.140. The van der Waals surface area contributed by atoms with Gasteiger partial charge in [0.1, 0.15) is 0 Å². The van der Waals surface area contributed by atoms with Gasteiger partial charge in [-0.05, 0) is 29.5 Å². The van der Waals surface area contributed by atoms with Crippen LogP contribution < -0.4 is 5.32 Å². The largest absolute Gasteiger partial charge is 0.481 e. The molecule has 1 aromatic rings. The zero-order valence-electron chi connectivity index (χ0n) is 11.4. The fourth-order valence-corrected chi connectivity index (χ4v) is 2.68. The highest BCUT2D eigenvalue weighted by atomic mass is 16.4. The second-order valence-electron chi connectivity index (χ2n) is 5.66. The SMILES string of the molecule is CCc1cccc(NC(=O)[C@H]2[C@@H](C(=O)O)C2(C)C)c1. The van der Waals surface area contributed by atoms with Crippen LogP contribution in [0.4, 0.5) is 5.69 Å². The van der Waals surface area contributed by atoms with Gasteiger partial charge in [0.25, 0.3) is 0 Å². The smallest absolute Gasteiger partial charge is 0.307 e. The summed E-state index contributed by atoms with van der Waals surface area (Å²) in [6, 6.07) is 7.63. The highest BCUT2D eigenvalue weighted by Gasteiger charge is 2.65. The van der Waals surface area contributed by atoms with E-state index in [1.807, 2.05) is 45.0 Å². The van der Waals surface area contributed by atoms with Crippen molar-refractivity contribution >= 4 is 17.6 Å². The van der Waals surface area contributed by atoms with Crippen LogP contribution in [0.15, 0.2) is 24.3 Å². The average molecular weight is 261 g/mol. The summed E-state index contributed by atoms with van der Waals surface area (Å²) in [5.74, 6) is -2.13. The number of aliphatic carboxylic acids is 1. The van der Waals surface area contributed by atoms with Crippen molar-refractivity contribution in [1.29, 1.82) is 0 Å². The molecule has 0 spiro atoms. The molecule has 1 fully saturated rings. The molecule has 2 rings (SSSR count). The van der Waals surface area contributed by atoms with E-state index in [1.165, 1.54) is 0 Å². The number of nitrogens with one attached hydrogen (secondary N) is 1. The van der Waals surface area contributed by atoms with Gasteiger partial charge in [-0.25, -0.2) is 0 Å². The summed E-state index contributed by atoms with van der Waals surface area (Å²) in [6.07, 6.45) is 0.899. The molecular weight excluding hydrogens is 242 g/mol. The summed E-state index contributed by atoms with van der Waals surface area (Å²) in [5.41, 5.74) is 1.41. The molecule has 2 atom stereocenters. The van der Waals surface area contributed by atoms with Gasteiger partial charge in [-0.3, -0.25) is 9.59 Å². The lowest BCUT2D eigenvalue weighted by atomic mass is 10.1. The fourth-order valence-electron chi connectivity index (χ4n) is 2.68. The molecule has 19 heavy (non-hydrogen) atoms. The molecule has 1 amide bonds. The van der Waals surface area contributed by atoms with Crippen molar-refractivity contribution in [3.05, 3.63) is 29.8 Å². The molecular formula is C15H19NO3. The number of hydrogen-bond acceptors (Lipinski definition) is 2. The Kier molecular flexibility index (Phi) is 3.35. The lowest BCUT2D eigenvalue weighted by Gasteiger charge is -2.07. The normalized spacial score (nSPS) is 23.7. The Labute approximate surface area is 112 Å². The van der Waals surface area contributed by atoms with Crippen LogP contribution in [0.1, 0.15) is 26.3 Å². The van der Waals surface area contributed by atoms with E-state index in [2.05, 4.69) is 5.32 Å². The van der Waals surface area contributed by atoms with Crippen LogP contribution in [0.2, 0.25) is 0 Å². The zero-order valence-corrected chi connectivity index (χ0v) is 11.4. The molecule has 1 aromatic carbocycles. The first-order chi connectivity index (χ1) is 8.87. The summed E-state index contributed by atoms with van der Waals surface area (Å²) >= 11 is 0. The van der Waals surface area contributed by atoms with Gasteiger partial charge in [-0.2, -0.15) is 0 Å². The lowest BCUT2D eigenvalue weighted by Crippen LogP contribution is -2.17. The number of aryl methyl sites for hydroxylation is 1. The van der Waals surface area contributed by atoms with Crippen molar-refractivity contribution in [1.82, 2.24) is 0 Å². The van der Waals surface area contributed by atoms with E-state index in [1.54, 1.807) is 0 Å². The van der Waals surface area contributed by atoms with E-state index in [9.17, 15) is 9.59 Å². The van der Waals surface area contributed by atoms with Crippen molar-refractivity contribution in [2.45, 2.75) is 27.2 Å². The van der Waals surface area contributed by atoms with Gasteiger partial charge in [-0.15, -0.1) is 0 Å². The first kappa shape index (κ1) is 13.6. The van der Waals surface area contributed by atoms with Gasteiger partial charge < -0.3 is 10.4 Å². The molecule has 1 saturated carbocycles. The number of anilines is 1. The highest BCUT2D eigenvalue weighted by molar-refractivity contribution is 5.99. The molecule has 0 radical (unpaired) electrons. The van der Waals surface area contributed by atoms with Crippen LogP contribution in [0, 0.1) is 17.3 Å². The van der Waals surface area contributed by atoms with Gasteiger partial charge in [0.15, 0.2) is 0 Å². The van der Waals surface area contributed by atoms with Crippen LogP contribution in [-0.2, 0) is 16.0 Å². The van der Waals surface area contributed by atoms with E-state index in [0.29, 0.717) is 0 Å². The molecule has 102 valence electrons. The number of carbonyl (C=O) groups is 2. The number of carboxylic acid groups (broad SMARTS) is 1. The Morgan fingerprint density at radius 2 is 2.00 bits per heavy atom. The number of carbonyl (C=O) groups excluding carboxylic acids is 1. The Morgan fingerprint density at radius 3 is 2.53 bits per heavy atom. The van der Waals surface area contributed by atoms with Gasteiger partial charge >= 0.3 is 5.97 Å². The minimum Gasteiger partial charge on any atom is -0.481 e. The Balaban J connectivity index is 2.08. The van der Waals surface area contributed by atoms with E-state index in [4.69, 9.17) is 5.11 Å². The molecule has 4 heteroatoms. The van der Waals surface area contributed by atoms with Crippen molar-refractivity contribution in [2.24, 2.45) is 17.3 Å². The molecule has 0 bridgehead atoms. The third kappa shape index (κ3) is 2.48. The quantitative estimate of drug-likeness (QED) is 0.875. The zero-order chi connectivity index (χ0) is 14.2. The van der Waals surface area contributed by atoms with Crippen LogP contribution >= 0.6 is 0 Å².